The van der Waals surface area contributed by atoms with E-state index in [4.69, 9.17) is 0 Å². The molecule has 0 aliphatic carbocycles. The predicted octanol–water partition coefficient (Wildman–Crippen LogP) is 4.37. The Morgan fingerprint density at radius 1 is 0.812 bits per heavy atom. The first-order chi connectivity index (χ1) is 15.1. The Morgan fingerprint density at radius 3 is 1.97 bits per heavy atom. The van der Waals surface area contributed by atoms with Crippen molar-refractivity contribution in [2.24, 2.45) is 0 Å². The summed E-state index contributed by atoms with van der Waals surface area (Å²) in [5, 5.41) is 24.9. The van der Waals surface area contributed by atoms with Crippen LogP contribution in [0.25, 0.3) is 0 Å². The number of hydrogen-bond donors (Lipinski definition) is 3. The maximum Gasteiger partial charge on any atom is 0.573 e. The number of ether oxygens (including phenoxy) is 1. The number of nitro benzene ring substituents is 1. The van der Waals surface area contributed by atoms with Crippen LogP contribution in [0.1, 0.15) is 0 Å². The minimum Gasteiger partial charge on any atom is -0.406 e. The lowest BCUT2D eigenvalue weighted by atomic mass is 10.3. The van der Waals surface area contributed by atoms with Crippen molar-refractivity contribution in [2.75, 3.05) is 16.2 Å². The van der Waals surface area contributed by atoms with Crippen LogP contribution >= 0.6 is 0 Å². The molecule has 0 bridgehead atoms. The number of alkyl halides is 3. The fraction of sp³-hybridized carbons (Fsp3) is 0.0588. The molecule has 0 amide bonds. The van der Waals surface area contributed by atoms with Crippen molar-refractivity contribution < 1.29 is 27.8 Å². The first-order valence-electron chi connectivity index (χ1n) is 8.51. The van der Waals surface area contributed by atoms with Crippen molar-refractivity contribution in [1.29, 1.82) is 0 Å². The van der Waals surface area contributed by atoms with E-state index in [0.717, 1.165) is 18.5 Å². The quantitative estimate of drug-likeness (QED) is 0.332. The highest BCUT2D eigenvalue weighted by Crippen LogP contribution is 2.32. The smallest absolute Gasteiger partial charge is 0.406 e. The zero-order chi connectivity index (χ0) is 23.3. The number of nitrogens with one attached hydrogen (secondary N) is 3. The summed E-state index contributed by atoms with van der Waals surface area (Å²) in [5.41, 5.74) is 5.02. The fourth-order valence-corrected chi connectivity index (χ4v) is 2.41. The summed E-state index contributed by atoms with van der Waals surface area (Å²) in [7, 11) is 0. The molecule has 32 heavy (non-hydrogen) atoms. The molecule has 1 aromatic heterocycles. The minimum atomic E-state index is -4.85. The van der Waals surface area contributed by atoms with Crippen molar-refractivity contribution in [1.82, 2.24) is 9.97 Å². The monoisotopic (exact) mass is 451 g/mol. The van der Waals surface area contributed by atoms with Crippen LogP contribution in [0.2, 0.25) is 0 Å². The van der Waals surface area contributed by atoms with E-state index >= 15 is 0 Å². The number of benzene rings is 2. The van der Waals surface area contributed by atoms with E-state index in [0.29, 0.717) is 5.69 Å². The molecule has 3 aromatic rings. The summed E-state index contributed by atoms with van der Waals surface area (Å²) in [6, 6.07) is 9.71. The van der Waals surface area contributed by atoms with E-state index in [1.807, 2.05) is 0 Å². The molecule has 0 spiro atoms. The summed E-state index contributed by atoms with van der Waals surface area (Å²) >= 11 is 0. The van der Waals surface area contributed by atoms with Gasteiger partial charge in [-0.3, -0.25) is 31.1 Å². The number of rotatable bonds is 8. The van der Waals surface area contributed by atoms with Crippen molar-refractivity contribution >= 4 is 34.4 Å². The third-order valence-corrected chi connectivity index (χ3v) is 3.76. The van der Waals surface area contributed by atoms with Crippen molar-refractivity contribution in [3.05, 3.63) is 75.1 Å². The van der Waals surface area contributed by atoms with Gasteiger partial charge in [-0.15, -0.1) is 13.2 Å². The molecule has 15 heteroatoms. The van der Waals surface area contributed by atoms with E-state index in [1.165, 1.54) is 36.4 Å². The number of hydrogen-bond acceptors (Lipinski definition) is 10. The number of nitrogens with zero attached hydrogens (tertiary/aromatic N) is 4. The summed E-state index contributed by atoms with van der Waals surface area (Å²) in [6.07, 6.45) is -3.83. The molecule has 166 valence electrons. The topological polar surface area (TPSA) is 157 Å². The predicted molar refractivity (Wildman–Crippen MR) is 105 cm³/mol. The Labute approximate surface area is 176 Å². The number of aromatic nitrogens is 2. The largest absolute Gasteiger partial charge is 0.573 e. The van der Waals surface area contributed by atoms with Crippen LogP contribution in [0.4, 0.5) is 47.6 Å². The molecule has 0 aliphatic rings. The fourth-order valence-electron chi connectivity index (χ4n) is 2.41. The molecule has 0 radical (unpaired) electrons. The number of non-ortho nitro benzene ring substituents is 1. The van der Waals surface area contributed by atoms with Gasteiger partial charge in [0.1, 0.15) is 12.1 Å². The van der Waals surface area contributed by atoms with Gasteiger partial charge in [-0.05, 0) is 36.4 Å². The lowest BCUT2D eigenvalue weighted by Gasteiger charge is -2.12. The summed E-state index contributed by atoms with van der Waals surface area (Å²) in [6.45, 7) is 0. The molecule has 0 saturated heterocycles. The lowest BCUT2D eigenvalue weighted by molar-refractivity contribution is -0.384. The molecule has 2 aromatic carbocycles. The normalized spacial score (nSPS) is 10.8. The van der Waals surface area contributed by atoms with Gasteiger partial charge in [0, 0.05) is 17.8 Å². The SMILES string of the molecule is O=[N+]([O-])c1ccc(NNc2ncnc(Nc3ccc(OC(F)(F)F)cc3)c2[N+](=O)[O-])cc1. The standard InChI is InChI=1S/C17H12F3N7O5/c18-17(19,20)32-13-7-3-10(4-8-13)23-15-14(27(30)31)16(22-9-21-15)25-24-11-1-5-12(6-2-11)26(28)29/h1-9,24H,(H2,21,22,23,25). The van der Waals surface area contributed by atoms with E-state index in [2.05, 4.69) is 30.9 Å². The van der Waals surface area contributed by atoms with Crippen LogP contribution in [-0.2, 0) is 0 Å². The van der Waals surface area contributed by atoms with Crippen molar-refractivity contribution in [3.8, 4) is 5.75 Å². The van der Waals surface area contributed by atoms with Gasteiger partial charge >= 0.3 is 12.0 Å². The summed E-state index contributed by atoms with van der Waals surface area (Å²) in [4.78, 5) is 28.5. The summed E-state index contributed by atoms with van der Waals surface area (Å²) in [5.74, 6) is -0.930. The average molecular weight is 451 g/mol. The van der Waals surface area contributed by atoms with Gasteiger partial charge in [0.15, 0.2) is 0 Å². The van der Waals surface area contributed by atoms with Crippen molar-refractivity contribution in [2.45, 2.75) is 6.36 Å². The average Bonchev–Trinajstić information content (AvgIpc) is 2.72. The third kappa shape index (κ3) is 5.68. The number of hydrazine groups is 1. The van der Waals surface area contributed by atoms with Crippen LogP contribution in [-0.4, -0.2) is 26.2 Å². The molecule has 1 heterocycles. The third-order valence-electron chi connectivity index (χ3n) is 3.76. The maximum atomic E-state index is 12.3. The lowest BCUT2D eigenvalue weighted by Crippen LogP contribution is -2.17. The zero-order valence-electron chi connectivity index (χ0n) is 15.7. The second-order valence-corrected chi connectivity index (χ2v) is 5.93. The van der Waals surface area contributed by atoms with E-state index in [1.54, 1.807) is 0 Å². The number of halogens is 3. The van der Waals surface area contributed by atoms with Gasteiger partial charge in [0.05, 0.1) is 15.5 Å². The highest BCUT2D eigenvalue weighted by Gasteiger charge is 2.31. The van der Waals surface area contributed by atoms with Crippen LogP contribution in [0.15, 0.2) is 54.9 Å². The second kappa shape index (κ2) is 8.99. The van der Waals surface area contributed by atoms with Gasteiger partial charge in [0.25, 0.3) is 5.69 Å². The molecule has 0 fully saturated rings. The molecular weight excluding hydrogens is 439 g/mol. The van der Waals surface area contributed by atoms with Gasteiger partial charge in [-0.25, -0.2) is 9.97 Å². The van der Waals surface area contributed by atoms with E-state index in [-0.39, 0.29) is 23.0 Å². The first kappa shape index (κ1) is 22.0. The Kier molecular flexibility index (Phi) is 6.18. The van der Waals surface area contributed by atoms with Gasteiger partial charge in [-0.1, -0.05) is 0 Å². The maximum absolute atomic E-state index is 12.3. The molecular formula is C17H12F3N7O5. The number of nitro groups is 2. The Morgan fingerprint density at radius 2 is 1.41 bits per heavy atom. The molecule has 12 nitrogen and oxygen atoms in total. The van der Waals surface area contributed by atoms with E-state index < -0.39 is 27.6 Å². The Balaban J connectivity index is 1.77. The minimum absolute atomic E-state index is 0.137. The second-order valence-electron chi connectivity index (χ2n) is 5.93. The molecule has 3 rings (SSSR count). The van der Waals surface area contributed by atoms with Crippen LogP contribution in [0.3, 0.4) is 0 Å². The Hall–Kier alpha value is -4.69. The molecule has 0 atom stereocenters. The zero-order valence-corrected chi connectivity index (χ0v) is 15.7. The molecule has 3 N–H and O–H groups in total. The number of anilines is 4. The summed E-state index contributed by atoms with van der Waals surface area (Å²) < 4.78 is 40.5. The highest BCUT2D eigenvalue weighted by molar-refractivity contribution is 5.74. The van der Waals surface area contributed by atoms with Gasteiger partial charge in [0.2, 0.25) is 11.6 Å². The van der Waals surface area contributed by atoms with Gasteiger partial charge in [-0.2, -0.15) is 0 Å². The molecule has 0 aliphatic heterocycles. The molecule has 0 unspecified atom stereocenters. The highest BCUT2D eigenvalue weighted by atomic mass is 19.4. The van der Waals surface area contributed by atoms with Crippen LogP contribution < -0.4 is 20.9 Å². The van der Waals surface area contributed by atoms with Crippen LogP contribution in [0.5, 0.6) is 5.75 Å². The first-order valence-corrected chi connectivity index (χ1v) is 8.51. The molecule has 0 saturated carbocycles. The van der Waals surface area contributed by atoms with E-state index in [9.17, 15) is 33.4 Å². The van der Waals surface area contributed by atoms with Crippen LogP contribution in [0, 0.1) is 20.2 Å². The van der Waals surface area contributed by atoms with Crippen molar-refractivity contribution in [3.63, 3.8) is 0 Å². The van der Waals surface area contributed by atoms with Gasteiger partial charge < -0.3 is 10.1 Å². The Bertz CT molecular complexity index is 1120.